The number of likely N-dealkylation sites (tertiary alicyclic amines) is 1. The van der Waals surface area contributed by atoms with Crippen molar-refractivity contribution in [3.05, 3.63) is 28.8 Å². The Labute approximate surface area is 155 Å². The third-order valence-electron chi connectivity index (χ3n) is 5.07. The van der Waals surface area contributed by atoms with Crippen molar-refractivity contribution in [2.75, 3.05) is 26.2 Å². The van der Waals surface area contributed by atoms with Crippen LogP contribution in [-0.4, -0.2) is 43.1 Å². The number of amides is 1. The van der Waals surface area contributed by atoms with Gasteiger partial charge in [0, 0.05) is 13.1 Å². The minimum absolute atomic E-state index is 0. The third kappa shape index (κ3) is 4.35. The van der Waals surface area contributed by atoms with Gasteiger partial charge in [-0.25, -0.2) is 0 Å². The van der Waals surface area contributed by atoms with Gasteiger partial charge in [0.2, 0.25) is 0 Å². The Bertz CT molecular complexity index is 568. The number of fused-ring (bicyclic) bond motifs is 1. The number of carbonyl (C=O) groups is 1. The summed E-state index contributed by atoms with van der Waals surface area (Å²) in [6.07, 6.45) is 1.66. The van der Waals surface area contributed by atoms with Crippen LogP contribution in [-0.2, 0) is 4.79 Å². The van der Waals surface area contributed by atoms with E-state index in [1.54, 1.807) is 0 Å². The Morgan fingerprint density at radius 2 is 1.92 bits per heavy atom. The van der Waals surface area contributed by atoms with Crippen LogP contribution in [0.4, 0.5) is 0 Å². The molecule has 2 heterocycles. The van der Waals surface area contributed by atoms with Gasteiger partial charge in [0.1, 0.15) is 5.75 Å². The molecule has 0 spiro atoms. The van der Waals surface area contributed by atoms with E-state index in [0.29, 0.717) is 10.8 Å². The number of aryl methyl sites for hydroxylation is 1. The predicted molar refractivity (Wildman–Crippen MR) is 99.2 cm³/mol. The van der Waals surface area contributed by atoms with Crippen molar-refractivity contribution in [3.63, 3.8) is 0 Å². The summed E-state index contributed by atoms with van der Waals surface area (Å²) in [4.78, 5) is 14.7. The summed E-state index contributed by atoms with van der Waals surface area (Å²) in [6, 6.07) is 5.62. The zero-order chi connectivity index (χ0) is 16.4. The highest BCUT2D eigenvalue weighted by Gasteiger charge is 2.33. The van der Waals surface area contributed by atoms with Gasteiger partial charge in [-0.3, -0.25) is 4.79 Å². The van der Waals surface area contributed by atoms with E-state index in [0.717, 1.165) is 56.4 Å². The Kier molecular flexibility index (Phi) is 6.79. The SMILES string of the molecule is Cc1ccc(Cl)c(OC(C)C(=O)N2CC[C@@H]3CNC[C@@H]3CC2)c1.Cl. The molecule has 1 N–H and O–H groups in total. The van der Waals surface area contributed by atoms with E-state index in [-0.39, 0.29) is 18.3 Å². The van der Waals surface area contributed by atoms with Crippen molar-refractivity contribution in [3.8, 4) is 5.75 Å². The maximum Gasteiger partial charge on any atom is 0.263 e. The number of benzene rings is 1. The summed E-state index contributed by atoms with van der Waals surface area (Å²) in [7, 11) is 0. The minimum atomic E-state index is -0.509. The van der Waals surface area contributed by atoms with Crippen LogP contribution < -0.4 is 10.1 Å². The number of nitrogens with one attached hydrogen (secondary N) is 1. The van der Waals surface area contributed by atoms with E-state index in [4.69, 9.17) is 16.3 Å². The smallest absolute Gasteiger partial charge is 0.263 e. The fraction of sp³-hybridized carbons (Fsp3) is 0.611. The highest BCUT2D eigenvalue weighted by molar-refractivity contribution is 6.32. The van der Waals surface area contributed by atoms with E-state index in [1.165, 1.54) is 0 Å². The predicted octanol–water partition coefficient (Wildman–Crippen LogP) is 3.30. The molecule has 2 aliphatic rings. The van der Waals surface area contributed by atoms with Crippen LogP contribution >= 0.6 is 24.0 Å². The van der Waals surface area contributed by atoms with Crippen molar-refractivity contribution in [2.24, 2.45) is 11.8 Å². The van der Waals surface area contributed by atoms with Gasteiger partial charge in [-0.2, -0.15) is 0 Å². The van der Waals surface area contributed by atoms with Crippen molar-refractivity contribution < 1.29 is 9.53 Å². The highest BCUT2D eigenvalue weighted by Crippen LogP contribution is 2.29. The van der Waals surface area contributed by atoms with Crippen molar-refractivity contribution in [2.45, 2.75) is 32.8 Å². The monoisotopic (exact) mass is 372 g/mol. The number of halogens is 2. The molecule has 3 atom stereocenters. The average Bonchev–Trinajstić information content (AvgIpc) is 2.89. The molecule has 0 saturated carbocycles. The lowest BCUT2D eigenvalue weighted by molar-refractivity contribution is -0.137. The topological polar surface area (TPSA) is 41.6 Å². The highest BCUT2D eigenvalue weighted by atomic mass is 35.5. The maximum atomic E-state index is 12.7. The van der Waals surface area contributed by atoms with Crippen LogP contribution in [0.25, 0.3) is 0 Å². The van der Waals surface area contributed by atoms with Crippen LogP contribution in [0.2, 0.25) is 5.02 Å². The number of hydrogen-bond acceptors (Lipinski definition) is 3. The normalized spacial score (nSPS) is 24.5. The Hall–Kier alpha value is -0.970. The molecule has 0 bridgehead atoms. The lowest BCUT2D eigenvalue weighted by Crippen LogP contribution is -2.41. The fourth-order valence-electron chi connectivity index (χ4n) is 3.64. The van der Waals surface area contributed by atoms with Crippen LogP contribution in [0.3, 0.4) is 0 Å². The van der Waals surface area contributed by atoms with Gasteiger partial charge >= 0.3 is 0 Å². The molecule has 0 radical (unpaired) electrons. The van der Waals surface area contributed by atoms with Crippen molar-refractivity contribution in [1.82, 2.24) is 10.2 Å². The second-order valence-corrected chi connectivity index (χ2v) is 7.18. The first-order valence-corrected chi connectivity index (χ1v) is 8.84. The zero-order valence-electron chi connectivity index (χ0n) is 14.3. The van der Waals surface area contributed by atoms with Crippen LogP contribution in [0.1, 0.15) is 25.3 Å². The molecule has 4 nitrogen and oxygen atoms in total. The fourth-order valence-corrected chi connectivity index (χ4v) is 3.80. The van der Waals surface area contributed by atoms with Crippen molar-refractivity contribution >= 4 is 29.9 Å². The third-order valence-corrected chi connectivity index (χ3v) is 5.38. The summed E-state index contributed by atoms with van der Waals surface area (Å²) >= 11 is 6.16. The van der Waals surface area contributed by atoms with E-state index in [2.05, 4.69) is 5.32 Å². The summed E-state index contributed by atoms with van der Waals surface area (Å²) in [6.45, 7) is 7.65. The number of nitrogens with zero attached hydrogens (tertiary/aromatic N) is 1. The standard InChI is InChI=1S/C18H25ClN2O2.ClH/c1-12-3-4-16(19)17(9-12)23-13(2)18(22)21-7-5-14-10-20-11-15(14)6-8-21;/h3-4,9,13-15,20H,5-8,10-11H2,1-2H3;1H/t13?,14-,15+;. The minimum Gasteiger partial charge on any atom is -0.479 e. The van der Waals surface area contributed by atoms with E-state index in [1.807, 2.05) is 36.9 Å². The number of hydrogen-bond donors (Lipinski definition) is 1. The quantitative estimate of drug-likeness (QED) is 0.884. The number of rotatable bonds is 3. The Morgan fingerprint density at radius 1 is 1.29 bits per heavy atom. The molecular weight excluding hydrogens is 347 g/mol. The lowest BCUT2D eigenvalue weighted by Gasteiger charge is -2.25. The summed E-state index contributed by atoms with van der Waals surface area (Å²) in [5.41, 5.74) is 1.07. The molecule has 6 heteroatoms. The van der Waals surface area contributed by atoms with Crippen LogP contribution in [0.15, 0.2) is 18.2 Å². The first-order chi connectivity index (χ1) is 11.0. The second-order valence-electron chi connectivity index (χ2n) is 6.77. The van der Waals surface area contributed by atoms with Crippen molar-refractivity contribution in [1.29, 1.82) is 0 Å². The molecule has 0 aliphatic carbocycles. The Morgan fingerprint density at radius 3 is 2.54 bits per heavy atom. The molecule has 1 aromatic carbocycles. The molecule has 2 saturated heterocycles. The first-order valence-electron chi connectivity index (χ1n) is 8.47. The summed E-state index contributed by atoms with van der Waals surface area (Å²) < 4.78 is 5.84. The summed E-state index contributed by atoms with van der Waals surface area (Å²) in [5.74, 6) is 2.09. The van der Waals surface area contributed by atoms with E-state index >= 15 is 0 Å². The van der Waals surface area contributed by atoms with Gasteiger partial charge in [-0.1, -0.05) is 17.7 Å². The zero-order valence-corrected chi connectivity index (χ0v) is 15.8. The maximum absolute atomic E-state index is 12.7. The molecule has 1 aromatic rings. The van der Waals surface area contributed by atoms with E-state index in [9.17, 15) is 4.79 Å². The van der Waals surface area contributed by atoms with Crippen LogP contribution in [0, 0.1) is 18.8 Å². The average molecular weight is 373 g/mol. The first kappa shape index (κ1) is 19.4. The van der Waals surface area contributed by atoms with Gasteiger partial charge in [0.15, 0.2) is 6.10 Å². The van der Waals surface area contributed by atoms with Gasteiger partial charge in [-0.05, 0) is 69.3 Å². The largest absolute Gasteiger partial charge is 0.479 e. The van der Waals surface area contributed by atoms with Gasteiger partial charge in [0.25, 0.3) is 5.91 Å². The molecule has 1 amide bonds. The summed E-state index contributed by atoms with van der Waals surface area (Å²) in [5, 5.41) is 4.01. The van der Waals surface area contributed by atoms with E-state index < -0.39 is 6.10 Å². The molecule has 24 heavy (non-hydrogen) atoms. The van der Waals surface area contributed by atoms with Gasteiger partial charge in [0.05, 0.1) is 5.02 Å². The molecule has 3 rings (SSSR count). The number of ether oxygens (including phenoxy) is 1. The molecular formula is C18H26Cl2N2O2. The van der Waals surface area contributed by atoms with Gasteiger partial charge < -0.3 is 15.0 Å². The molecule has 1 unspecified atom stereocenters. The van der Waals surface area contributed by atoms with Crippen LogP contribution in [0.5, 0.6) is 5.75 Å². The number of carbonyl (C=O) groups excluding carboxylic acids is 1. The molecule has 134 valence electrons. The Balaban J connectivity index is 0.00000208. The second kappa shape index (κ2) is 8.41. The molecule has 2 aliphatic heterocycles. The molecule has 2 fully saturated rings. The lowest BCUT2D eigenvalue weighted by atomic mass is 9.92. The molecule has 0 aromatic heterocycles. The van der Waals surface area contributed by atoms with Gasteiger partial charge in [-0.15, -0.1) is 12.4 Å².